The number of rotatable bonds is 5. The predicted molar refractivity (Wildman–Crippen MR) is 105 cm³/mol. The van der Waals surface area contributed by atoms with E-state index in [0.29, 0.717) is 16.3 Å². The first-order valence-electron chi connectivity index (χ1n) is 7.56. The van der Waals surface area contributed by atoms with Crippen molar-refractivity contribution in [3.8, 4) is 0 Å². The number of Topliss-reactive ketones (excluding diaryl/α,β-unsaturated/α-hetero) is 1. The minimum atomic E-state index is -0.102. The van der Waals surface area contributed by atoms with Gasteiger partial charge in [0, 0.05) is 27.5 Å². The zero-order valence-corrected chi connectivity index (χ0v) is 15.5. The lowest BCUT2D eigenvalue weighted by Gasteiger charge is -2.07. The number of allylic oxidation sites excluding steroid dienone is 3. The number of nitrogens with zero attached hydrogens (tertiary/aromatic N) is 2. The Morgan fingerprint density at radius 3 is 2.44 bits per heavy atom. The molecule has 1 aromatic heterocycles. The summed E-state index contributed by atoms with van der Waals surface area (Å²) in [5.74, 6) is -0.102. The lowest BCUT2D eigenvalue weighted by atomic mass is 10.1. The van der Waals surface area contributed by atoms with E-state index in [1.807, 2.05) is 36.4 Å². The van der Waals surface area contributed by atoms with E-state index in [9.17, 15) is 4.79 Å². The Morgan fingerprint density at radius 2 is 1.80 bits per heavy atom. The molecule has 0 bridgehead atoms. The maximum atomic E-state index is 12.8. The summed E-state index contributed by atoms with van der Waals surface area (Å²) in [7, 11) is 0. The fourth-order valence-electron chi connectivity index (χ4n) is 2.25. The summed E-state index contributed by atoms with van der Waals surface area (Å²) in [5, 5.41) is 0.597. The third-order valence-corrected chi connectivity index (χ3v) is 4.32. The first kappa shape index (κ1) is 17.4. The molecule has 3 rings (SSSR count). The molecule has 0 radical (unpaired) electrons. The number of benzene rings is 2. The molecule has 0 spiro atoms. The second-order valence-electron chi connectivity index (χ2n) is 5.27. The minimum absolute atomic E-state index is 0.102. The van der Waals surface area contributed by atoms with E-state index in [1.165, 1.54) is 0 Å². The molecule has 0 saturated carbocycles. The van der Waals surface area contributed by atoms with Crippen LogP contribution in [0, 0.1) is 0 Å². The molecule has 5 heteroatoms. The lowest BCUT2D eigenvalue weighted by molar-refractivity contribution is 0.105. The van der Waals surface area contributed by atoms with Gasteiger partial charge in [0.05, 0.1) is 12.0 Å². The number of halogens is 2. The third-order valence-electron chi connectivity index (χ3n) is 3.53. The molecule has 0 aliphatic heterocycles. The number of imidazole rings is 1. The Bertz CT molecular complexity index is 911. The Morgan fingerprint density at radius 1 is 1.08 bits per heavy atom. The molecule has 0 saturated heterocycles. The van der Waals surface area contributed by atoms with Crippen LogP contribution in [0.25, 0.3) is 11.8 Å². The van der Waals surface area contributed by atoms with Gasteiger partial charge in [0.25, 0.3) is 0 Å². The van der Waals surface area contributed by atoms with Gasteiger partial charge in [0.1, 0.15) is 0 Å². The monoisotopic (exact) mass is 412 g/mol. The van der Waals surface area contributed by atoms with Crippen molar-refractivity contribution in [1.29, 1.82) is 0 Å². The molecule has 0 aliphatic rings. The van der Waals surface area contributed by atoms with E-state index < -0.39 is 0 Å². The highest BCUT2D eigenvalue weighted by Crippen LogP contribution is 2.17. The van der Waals surface area contributed by atoms with Crippen molar-refractivity contribution in [1.82, 2.24) is 9.55 Å². The molecule has 3 nitrogen and oxygen atoms in total. The maximum Gasteiger partial charge on any atom is 0.209 e. The van der Waals surface area contributed by atoms with Crippen molar-refractivity contribution in [2.75, 3.05) is 0 Å². The van der Waals surface area contributed by atoms with Crippen molar-refractivity contribution >= 4 is 45.1 Å². The second-order valence-corrected chi connectivity index (χ2v) is 6.62. The van der Waals surface area contributed by atoms with E-state index in [2.05, 4.69) is 20.9 Å². The van der Waals surface area contributed by atoms with Gasteiger partial charge < -0.3 is 4.57 Å². The lowest BCUT2D eigenvalue weighted by Crippen LogP contribution is -2.07. The first-order chi connectivity index (χ1) is 12.1. The first-order valence-corrected chi connectivity index (χ1v) is 8.73. The average molecular weight is 414 g/mol. The van der Waals surface area contributed by atoms with Gasteiger partial charge in [-0.25, -0.2) is 4.98 Å². The summed E-state index contributed by atoms with van der Waals surface area (Å²) < 4.78 is 2.72. The molecule has 0 atom stereocenters. The SMILES string of the molecule is O=C(/C(=C/C=C/c1ccc(Br)cc1)n1ccnc1)c1ccc(Cl)cc1. The number of hydrogen-bond donors (Lipinski definition) is 0. The summed E-state index contributed by atoms with van der Waals surface area (Å²) in [6.45, 7) is 0. The van der Waals surface area contributed by atoms with Gasteiger partial charge in [0.15, 0.2) is 0 Å². The Hall–Kier alpha value is -2.43. The Kier molecular flexibility index (Phi) is 5.64. The maximum absolute atomic E-state index is 12.8. The van der Waals surface area contributed by atoms with Crippen LogP contribution in [-0.2, 0) is 0 Å². The molecule has 1 heterocycles. The number of carbonyl (C=O) groups is 1. The largest absolute Gasteiger partial charge is 0.303 e. The summed E-state index contributed by atoms with van der Waals surface area (Å²) in [6.07, 6.45) is 10.6. The number of ketones is 1. The molecular weight excluding hydrogens is 400 g/mol. The summed E-state index contributed by atoms with van der Waals surface area (Å²) in [6, 6.07) is 14.8. The highest BCUT2D eigenvalue weighted by molar-refractivity contribution is 9.10. The number of carbonyl (C=O) groups excluding carboxylic acids is 1. The van der Waals surface area contributed by atoms with Crippen molar-refractivity contribution in [3.63, 3.8) is 0 Å². The van der Waals surface area contributed by atoms with Crippen LogP contribution in [0.1, 0.15) is 15.9 Å². The average Bonchev–Trinajstić information content (AvgIpc) is 3.15. The van der Waals surface area contributed by atoms with Gasteiger partial charge >= 0.3 is 0 Å². The summed E-state index contributed by atoms with van der Waals surface area (Å²) >= 11 is 9.31. The van der Waals surface area contributed by atoms with Gasteiger partial charge in [-0.2, -0.15) is 0 Å². The topological polar surface area (TPSA) is 34.9 Å². The Balaban J connectivity index is 1.91. The van der Waals surface area contributed by atoms with Crippen LogP contribution in [0.4, 0.5) is 0 Å². The molecule has 0 amide bonds. The third kappa shape index (κ3) is 4.56. The molecule has 0 aliphatic carbocycles. The van der Waals surface area contributed by atoms with Crippen molar-refractivity contribution in [2.24, 2.45) is 0 Å². The standard InChI is InChI=1S/C20H14BrClN2O/c21-17-8-4-15(5-9-17)2-1-3-19(24-13-12-23-14-24)20(25)16-6-10-18(22)11-7-16/h1-14H/b2-1+,19-3-. The van der Waals surface area contributed by atoms with Crippen LogP contribution in [0.15, 0.2) is 83.9 Å². The summed E-state index contributed by atoms with van der Waals surface area (Å²) in [4.78, 5) is 16.9. The zero-order chi connectivity index (χ0) is 17.6. The van der Waals surface area contributed by atoms with Crippen molar-refractivity contribution in [3.05, 3.63) is 100 Å². The highest BCUT2D eigenvalue weighted by Gasteiger charge is 2.13. The van der Waals surface area contributed by atoms with Crippen molar-refractivity contribution in [2.45, 2.75) is 0 Å². The smallest absolute Gasteiger partial charge is 0.209 e. The zero-order valence-electron chi connectivity index (χ0n) is 13.1. The second kappa shape index (κ2) is 8.10. The minimum Gasteiger partial charge on any atom is -0.303 e. The van der Waals surface area contributed by atoms with Gasteiger partial charge in [-0.3, -0.25) is 4.79 Å². The van der Waals surface area contributed by atoms with Crippen LogP contribution in [0.2, 0.25) is 5.02 Å². The molecule has 0 unspecified atom stereocenters. The van der Waals surface area contributed by atoms with Crippen LogP contribution in [-0.4, -0.2) is 15.3 Å². The van der Waals surface area contributed by atoms with E-state index >= 15 is 0 Å². The van der Waals surface area contributed by atoms with Crippen LogP contribution < -0.4 is 0 Å². The van der Waals surface area contributed by atoms with E-state index in [-0.39, 0.29) is 5.78 Å². The van der Waals surface area contributed by atoms with E-state index in [1.54, 1.807) is 53.6 Å². The fraction of sp³-hybridized carbons (Fsp3) is 0. The van der Waals surface area contributed by atoms with Crippen LogP contribution >= 0.6 is 27.5 Å². The van der Waals surface area contributed by atoms with E-state index in [4.69, 9.17) is 11.6 Å². The van der Waals surface area contributed by atoms with Gasteiger partial charge in [-0.1, -0.05) is 51.8 Å². The quantitative estimate of drug-likeness (QED) is 0.304. The molecule has 25 heavy (non-hydrogen) atoms. The molecule has 0 N–H and O–H groups in total. The van der Waals surface area contributed by atoms with Crippen molar-refractivity contribution < 1.29 is 4.79 Å². The molecule has 2 aromatic carbocycles. The van der Waals surface area contributed by atoms with Gasteiger partial charge in [-0.05, 0) is 48.0 Å². The molecular formula is C20H14BrClN2O. The van der Waals surface area contributed by atoms with Crippen LogP contribution in [0.3, 0.4) is 0 Å². The highest BCUT2D eigenvalue weighted by atomic mass is 79.9. The van der Waals surface area contributed by atoms with Crippen LogP contribution in [0.5, 0.6) is 0 Å². The Labute approximate surface area is 159 Å². The summed E-state index contributed by atoms with van der Waals surface area (Å²) in [5.41, 5.74) is 2.12. The predicted octanol–water partition coefficient (Wildman–Crippen LogP) is 5.74. The molecule has 3 aromatic rings. The number of aromatic nitrogens is 2. The molecule has 124 valence electrons. The van der Waals surface area contributed by atoms with Gasteiger partial charge in [-0.15, -0.1) is 0 Å². The van der Waals surface area contributed by atoms with Gasteiger partial charge in [0.2, 0.25) is 5.78 Å². The number of hydrogen-bond acceptors (Lipinski definition) is 2. The van der Waals surface area contributed by atoms with E-state index in [0.717, 1.165) is 10.0 Å². The molecule has 0 fully saturated rings. The fourth-order valence-corrected chi connectivity index (χ4v) is 2.64. The normalized spacial score (nSPS) is 11.8.